The average molecular weight is 535 g/mol. The summed E-state index contributed by atoms with van der Waals surface area (Å²) in [5.41, 5.74) is 0. The van der Waals surface area contributed by atoms with Crippen molar-refractivity contribution in [2.24, 2.45) is 0 Å². The van der Waals surface area contributed by atoms with Gasteiger partial charge in [-0.2, -0.15) is 0 Å². The van der Waals surface area contributed by atoms with Gasteiger partial charge in [-0.15, -0.1) is 0 Å². The molecule has 5 atom stereocenters. The van der Waals surface area contributed by atoms with Crippen molar-refractivity contribution < 1.29 is 47.6 Å². The molecule has 5 rings (SSSR count). The maximum absolute atomic E-state index is 12.7. The van der Waals surface area contributed by atoms with Gasteiger partial charge >= 0.3 is 23.9 Å². The summed E-state index contributed by atoms with van der Waals surface area (Å²) in [7, 11) is 1.13. The van der Waals surface area contributed by atoms with Crippen LogP contribution in [-0.2, 0) is 42.9 Å². The van der Waals surface area contributed by atoms with Crippen LogP contribution in [0.15, 0.2) is 54.6 Å². The molecular weight excluding hydrogens is 508 g/mol. The molecule has 4 aromatic rings. The Morgan fingerprint density at radius 1 is 0.667 bits per heavy atom. The molecule has 202 valence electrons. The van der Waals surface area contributed by atoms with Gasteiger partial charge in [0, 0.05) is 31.5 Å². The molecule has 10 heteroatoms. The van der Waals surface area contributed by atoms with Gasteiger partial charge in [0.05, 0.1) is 7.11 Å². The number of hydrogen-bond donors (Lipinski definition) is 0. The van der Waals surface area contributed by atoms with E-state index in [-0.39, 0.29) is 0 Å². The second-order valence-electron chi connectivity index (χ2n) is 9.21. The van der Waals surface area contributed by atoms with Gasteiger partial charge in [0.1, 0.15) is 5.75 Å². The first-order valence-corrected chi connectivity index (χ1v) is 12.3. The minimum Gasteiger partial charge on any atom is -0.467 e. The SMILES string of the molecule is COC(=O)C1O[C@@H](Oc2ccc3ccc4cccc5ccc2c3c45)C(OC(C)=O)C(OC(C)=O)[C@@H]1OC(C)=O. The highest BCUT2D eigenvalue weighted by Gasteiger charge is 2.55. The molecule has 39 heavy (non-hydrogen) atoms. The predicted octanol–water partition coefficient (Wildman–Crippen LogP) is 3.66. The zero-order valence-electron chi connectivity index (χ0n) is 21.7. The topological polar surface area (TPSA) is 124 Å². The highest BCUT2D eigenvalue weighted by atomic mass is 16.7. The van der Waals surface area contributed by atoms with E-state index < -0.39 is 54.6 Å². The van der Waals surface area contributed by atoms with Gasteiger partial charge in [-0.05, 0) is 33.7 Å². The molecule has 0 N–H and O–H groups in total. The maximum Gasteiger partial charge on any atom is 0.339 e. The minimum absolute atomic E-state index is 0.374. The van der Waals surface area contributed by atoms with Crippen LogP contribution < -0.4 is 4.74 Å². The Hall–Kier alpha value is -4.44. The Bertz CT molecular complexity index is 1560. The highest BCUT2D eigenvalue weighted by molar-refractivity contribution is 6.24. The molecule has 1 saturated heterocycles. The maximum atomic E-state index is 12.7. The summed E-state index contributed by atoms with van der Waals surface area (Å²) >= 11 is 0. The smallest absolute Gasteiger partial charge is 0.339 e. The van der Waals surface area contributed by atoms with Gasteiger partial charge in [0.2, 0.25) is 12.4 Å². The molecular formula is C29H26O10. The van der Waals surface area contributed by atoms with Crippen LogP contribution in [0, 0.1) is 0 Å². The Balaban J connectivity index is 1.62. The fourth-order valence-electron chi connectivity index (χ4n) is 5.11. The van der Waals surface area contributed by atoms with Crippen molar-refractivity contribution in [3.8, 4) is 5.75 Å². The van der Waals surface area contributed by atoms with E-state index in [9.17, 15) is 19.2 Å². The van der Waals surface area contributed by atoms with E-state index in [1.807, 2.05) is 48.5 Å². The molecule has 10 nitrogen and oxygen atoms in total. The van der Waals surface area contributed by atoms with Crippen molar-refractivity contribution in [2.45, 2.75) is 51.5 Å². The summed E-state index contributed by atoms with van der Waals surface area (Å²) in [6, 6.07) is 17.6. The van der Waals surface area contributed by atoms with E-state index >= 15 is 0 Å². The van der Waals surface area contributed by atoms with Crippen molar-refractivity contribution in [3.05, 3.63) is 54.6 Å². The second-order valence-corrected chi connectivity index (χ2v) is 9.21. The summed E-state index contributed by atoms with van der Waals surface area (Å²) in [4.78, 5) is 48.8. The normalized spacial score (nSPS) is 22.9. The number of rotatable bonds is 6. The van der Waals surface area contributed by atoms with E-state index in [1.165, 1.54) is 0 Å². The molecule has 0 saturated carbocycles. The second kappa shape index (κ2) is 10.4. The molecule has 0 bridgehead atoms. The lowest BCUT2D eigenvalue weighted by atomic mass is 9.94. The number of benzene rings is 4. The lowest BCUT2D eigenvalue weighted by molar-refractivity contribution is -0.282. The number of methoxy groups -OCH3 is 1. The van der Waals surface area contributed by atoms with Gasteiger partial charge in [0.15, 0.2) is 18.3 Å². The molecule has 1 heterocycles. The van der Waals surface area contributed by atoms with E-state index in [0.717, 1.165) is 60.2 Å². The number of carbonyl (C=O) groups excluding carboxylic acids is 4. The fourth-order valence-corrected chi connectivity index (χ4v) is 5.11. The third-order valence-corrected chi connectivity index (χ3v) is 6.57. The van der Waals surface area contributed by atoms with Crippen LogP contribution in [-0.4, -0.2) is 61.7 Å². The Labute approximate surface area is 223 Å². The molecule has 1 aliphatic heterocycles. The molecule has 4 aromatic carbocycles. The molecule has 0 spiro atoms. The Kier molecular flexibility index (Phi) is 6.96. The molecule has 0 radical (unpaired) electrons. The van der Waals surface area contributed by atoms with Crippen LogP contribution in [0.4, 0.5) is 0 Å². The molecule has 0 aliphatic carbocycles. The largest absolute Gasteiger partial charge is 0.467 e. The highest BCUT2D eigenvalue weighted by Crippen LogP contribution is 2.40. The van der Waals surface area contributed by atoms with E-state index in [4.69, 9.17) is 28.4 Å². The number of hydrogen-bond acceptors (Lipinski definition) is 10. The minimum atomic E-state index is -1.54. The first-order valence-electron chi connectivity index (χ1n) is 12.3. The van der Waals surface area contributed by atoms with Crippen LogP contribution in [0.2, 0.25) is 0 Å². The summed E-state index contributed by atoms with van der Waals surface area (Å²) in [5, 5.41) is 5.87. The standard InChI is InChI=1S/C29H26O10/c1-14(30)35-24-25(36-15(2)31)27(37-16(3)32)29(39-26(24)28(33)34-4)38-21-13-11-19-9-8-17-6-5-7-18-10-12-20(21)23(19)22(17)18/h5-13,24-27,29H,1-4H3/t24-,25?,26?,27?,29+/m0/s1. The van der Waals surface area contributed by atoms with Crippen LogP contribution >= 0.6 is 0 Å². The Morgan fingerprint density at radius 2 is 1.21 bits per heavy atom. The summed E-state index contributed by atoms with van der Waals surface area (Å²) in [6.07, 6.45) is -7.27. The van der Waals surface area contributed by atoms with Crippen LogP contribution in [0.3, 0.4) is 0 Å². The lowest BCUT2D eigenvalue weighted by Crippen LogP contribution is -2.64. The zero-order valence-corrected chi connectivity index (χ0v) is 21.7. The van der Waals surface area contributed by atoms with E-state index in [0.29, 0.717) is 5.75 Å². The molecule has 0 amide bonds. The van der Waals surface area contributed by atoms with Crippen molar-refractivity contribution in [2.75, 3.05) is 7.11 Å². The average Bonchev–Trinajstić information content (AvgIpc) is 2.90. The number of carbonyl (C=O) groups is 4. The van der Waals surface area contributed by atoms with Gasteiger partial charge in [-0.3, -0.25) is 14.4 Å². The summed E-state index contributed by atoms with van der Waals surface area (Å²) in [6.45, 7) is 3.41. The molecule has 0 aromatic heterocycles. The van der Waals surface area contributed by atoms with Gasteiger partial charge in [-0.25, -0.2) is 4.79 Å². The quantitative estimate of drug-likeness (QED) is 0.206. The van der Waals surface area contributed by atoms with E-state index in [1.54, 1.807) is 6.07 Å². The van der Waals surface area contributed by atoms with Crippen molar-refractivity contribution >= 4 is 56.2 Å². The summed E-state index contributed by atoms with van der Waals surface area (Å²) in [5.74, 6) is -2.80. The molecule has 3 unspecified atom stereocenters. The number of ether oxygens (including phenoxy) is 6. The summed E-state index contributed by atoms with van der Waals surface area (Å²) < 4.78 is 33.3. The fraction of sp³-hybridized carbons (Fsp3) is 0.310. The molecule has 1 aliphatic rings. The predicted molar refractivity (Wildman–Crippen MR) is 138 cm³/mol. The third-order valence-electron chi connectivity index (χ3n) is 6.57. The number of esters is 4. The van der Waals surface area contributed by atoms with Crippen LogP contribution in [0.1, 0.15) is 20.8 Å². The Morgan fingerprint density at radius 3 is 1.82 bits per heavy atom. The van der Waals surface area contributed by atoms with Crippen LogP contribution in [0.25, 0.3) is 32.3 Å². The van der Waals surface area contributed by atoms with E-state index in [2.05, 4.69) is 0 Å². The van der Waals surface area contributed by atoms with Gasteiger partial charge in [0.25, 0.3) is 0 Å². The van der Waals surface area contributed by atoms with Crippen LogP contribution in [0.5, 0.6) is 5.75 Å². The first kappa shape index (κ1) is 26.2. The first-order chi connectivity index (χ1) is 18.7. The van der Waals surface area contributed by atoms with Crippen molar-refractivity contribution in [1.82, 2.24) is 0 Å². The van der Waals surface area contributed by atoms with Crippen molar-refractivity contribution in [1.29, 1.82) is 0 Å². The van der Waals surface area contributed by atoms with Gasteiger partial charge in [-0.1, -0.05) is 42.5 Å². The van der Waals surface area contributed by atoms with Crippen molar-refractivity contribution in [3.63, 3.8) is 0 Å². The zero-order chi connectivity index (χ0) is 27.8. The lowest BCUT2D eigenvalue weighted by Gasteiger charge is -2.43. The third kappa shape index (κ3) is 4.90. The monoisotopic (exact) mass is 534 g/mol. The van der Waals surface area contributed by atoms with Gasteiger partial charge < -0.3 is 28.4 Å². The molecule has 1 fully saturated rings.